The maximum absolute atomic E-state index is 12.9. The molecule has 3 aliphatic rings. The Balaban J connectivity index is 1.07. The monoisotopic (exact) mass is 478 g/mol. The maximum Gasteiger partial charge on any atom is 0.344 e. The van der Waals surface area contributed by atoms with E-state index >= 15 is 0 Å². The van der Waals surface area contributed by atoms with Crippen molar-refractivity contribution in [1.29, 1.82) is 0 Å². The second-order valence-corrected chi connectivity index (χ2v) is 10.6. The van der Waals surface area contributed by atoms with Gasteiger partial charge in [0.1, 0.15) is 0 Å². The van der Waals surface area contributed by atoms with E-state index in [9.17, 15) is 4.79 Å². The maximum atomic E-state index is 12.9. The average Bonchev–Trinajstić information content (AvgIpc) is 3.34. The third-order valence-electron chi connectivity index (χ3n) is 7.90. The molecule has 35 heavy (non-hydrogen) atoms. The highest BCUT2D eigenvalue weighted by molar-refractivity contribution is 5.78. The average molecular weight is 479 g/mol. The van der Waals surface area contributed by atoms with Gasteiger partial charge in [0.15, 0.2) is 0 Å². The molecule has 1 aromatic heterocycles. The second-order valence-electron chi connectivity index (χ2n) is 10.6. The Morgan fingerprint density at radius 1 is 1.03 bits per heavy atom. The molecule has 2 aromatic rings. The highest BCUT2D eigenvalue weighted by Crippen LogP contribution is 2.41. The summed E-state index contributed by atoms with van der Waals surface area (Å²) in [6.07, 6.45) is 5.80. The number of anilines is 1. The summed E-state index contributed by atoms with van der Waals surface area (Å²) in [5.74, 6) is 0. The molecule has 1 amide bonds. The first-order chi connectivity index (χ1) is 16.9. The van der Waals surface area contributed by atoms with Crippen LogP contribution >= 0.6 is 0 Å². The molecule has 3 saturated heterocycles. The predicted octanol–water partition coefficient (Wildman–Crippen LogP) is 3.25. The van der Waals surface area contributed by atoms with E-state index in [4.69, 9.17) is 4.74 Å². The fourth-order valence-corrected chi connectivity index (χ4v) is 5.38. The zero-order valence-electron chi connectivity index (χ0n) is 21.2. The van der Waals surface area contributed by atoms with Crippen LogP contribution < -0.4 is 4.90 Å². The van der Waals surface area contributed by atoms with E-state index < -0.39 is 0 Å². The van der Waals surface area contributed by atoms with Crippen LogP contribution in [0.4, 0.5) is 10.5 Å². The van der Waals surface area contributed by atoms with Gasteiger partial charge in [-0.2, -0.15) is 9.78 Å². The number of carbonyl (C=O) groups excluding carboxylic acids is 1. The number of aromatic nitrogens is 2. The minimum atomic E-state index is -0.0309. The Bertz CT molecular complexity index is 1030. The molecule has 188 valence electrons. The number of hydrogen-bond donors (Lipinski definition) is 0. The first kappa shape index (κ1) is 24.0. The van der Waals surface area contributed by atoms with Gasteiger partial charge >= 0.3 is 6.03 Å². The first-order valence-corrected chi connectivity index (χ1v) is 12.7. The van der Waals surface area contributed by atoms with Crippen molar-refractivity contribution >= 4 is 11.7 Å². The summed E-state index contributed by atoms with van der Waals surface area (Å²) in [7, 11) is 1.93. The van der Waals surface area contributed by atoms with Crippen LogP contribution in [-0.2, 0) is 17.8 Å². The smallest absolute Gasteiger partial charge is 0.344 e. The molecule has 0 aliphatic carbocycles. The lowest BCUT2D eigenvalue weighted by molar-refractivity contribution is -0.0235. The van der Waals surface area contributed by atoms with E-state index in [2.05, 4.69) is 45.7 Å². The van der Waals surface area contributed by atoms with Crippen molar-refractivity contribution in [3.05, 3.63) is 60.1 Å². The van der Waals surface area contributed by atoms with Crippen molar-refractivity contribution in [3.8, 4) is 0 Å². The minimum absolute atomic E-state index is 0.0309. The standard InChI is InChI=1S/C27H38N6O2/c1-22(2)29(3)25-16-28-33(19-25)26(34)32-20-27(21-32)8-10-30(11-9-27)17-23-4-6-24(7-5-23)18-31-12-14-35-15-13-31/h4-7,16,19H,1,8-15,17-18,20-21H2,2-3H3. The highest BCUT2D eigenvalue weighted by atomic mass is 16.5. The molecule has 3 aliphatic heterocycles. The molecular formula is C27H38N6O2. The number of allylic oxidation sites excluding steroid dienone is 1. The SMILES string of the molecule is C=C(C)N(C)c1cnn(C(=O)N2CC3(CCN(Cc4ccc(CN5CCOCC5)cc4)CC3)C2)c1. The number of rotatable bonds is 6. The molecule has 4 heterocycles. The lowest BCUT2D eigenvalue weighted by Gasteiger charge is -2.53. The molecule has 0 bridgehead atoms. The van der Waals surface area contributed by atoms with Gasteiger partial charge in [0.25, 0.3) is 0 Å². The van der Waals surface area contributed by atoms with Crippen molar-refractivity contribution in [2.24, 2.45) is 5.41 Å². The Morgan fingerprint density at radius 2 is 1.60 bits per heavy atom. The van der Waals surface area contributed by atoms with Gasteiger partial charge in [-0.15, -0.1) is 0 Å². The van der Waals surface area contributed by atoms with Crippen molar-refractivity contribution < 1.29 is 9.53 Å². The zero-order valence-corrected chi connectivity index (χ0v) is 21.2. The number of piperidine rings is 1. The number of ether oxygens (including phenoxy) is 1. The number of amides is 1. The van der Waals surface area contributed by atoms with Gasteiger partial charge in [0.05, 0.1) is 31.3 Å². The van der Waals surface area contributed by atoms with Crippen LogP contribution in [0.15, 0.2) is 48.9 Å². The summed E-state index contributed by atoms with van der Waals surface area (Å²) in [5, 5.41) is 4.28. The Labute approximate surface area is 208 Å². The Morgan fingerprint density at radius 3 is 2.17 bits per heavy atom. The van der Waals surface area contributed by atoms with Gasteiger partial charge in [-0.1, -0.05) is 30.8 Å². The summed E-state index contributed by atoms with van der Waals surface area (Å²) < 4.78 is 6.90. The zero-order chi connectivity index (χ0) is 24.4. The van der Waals surface area contributed by atoms with Crippen molar-refractivity contribution in [1.82, 2.24) is 24.5 Å². The van der Waals surface area contributed by atoms with Crippen LogP contribution in [0, 0.1) is 5.41 Å². The van der Waals surface area contributed by atoms with Crippen LogP contribution in [0.3, 0.4) is 0 Å². The summed E-state index contributed by atoms with van der Waals surface area (Å²) in [5.41, 5.74) is 4.83. The third-order valence-corrected chi connectivity index (χ3v) is 7.90. The number of carbonyl (C=O) groups is 1. The number of benzene rings is 1. The Kier molecular flexibility index (Phi) is 6.95. The largest absolute Gasteiger partial charge is 0.379 e. The lowest BCUT2D eigenvalue weighted by atomic mass is 9.72. The predicted molar refractivity (Wildman–Crippen MR) is 137 cm³/mol. The fourth-order valence-electron chi connectivity index (χ4n) is 5.38. The number of morpholine rings is 1. The number of nitrogens with zero attached hydrogens (tertiary/aromatic N) is 6. The molecule has 0 N–H and O–H groups in total. The normalized spacial score (nSPS) is 20.6. The van der Waals surface area contributed by atoms with Crippen LogP contribution in [-0.4, -0.2) is 90.0 Å². The van der Waals surface area contributed by atoms with E-state index in [0.29, 0.717) is 0 Å². The summed E-state index contributed by atoms with van der Waals surface area (Å²) >= 11 is 0. The molecule has 5 rings (SSSR count). The van der Waals surface area contributed by atoms with Crippen molar-refractivity contribution in [2.45, 2.75) is 32.9 Å². The number of likely N-dealkylation sites (tertiary alicyclic amines) is 2. The molecule has 3 fully saturated rings. The van der Waals surface area contributed by atoms with Gasteiger partial charge in [-0.25, -0.2) is 4.79 Å². The van der Waals surface area contributed by atoms with Crippen LogP contribution in [0.25, 0.3) is 0 Å². The van der Waals surface area contributed by atoms with E-state index in [1.807, 2.05) is 23.8 Å². The molecule has 0 saturated carbocycles. The lowest BCUT2D eigenvalue weighted by Crippen LogP contribution is -2.62. The van der Waals surface area contributed by atoms with Gasteiger partial charge < -0.3 is 14.5 Å². The number of hydrogen-bond acceptors (Lipinski definition) is 6. The molecule has 1 aromatic carbocycles. The van der Waals surface area contributed by atoms with Crippen molar-refractivity contribution in [3.63, 3.8) is 0 Å². The van der Waals surface area contributed by atoms with Crippen LogP contribution in [0.1, 0.15) is 30.9 Å². The minimum Gasteiger partial charge on any atom is -0.379 e. The molecule has 0 atom stereocenters. The highest BCUT2D eigenvalue weighted by Gasteiger charge is 2.47. The van der Waals surface area contributed by atoms with Gasteiger partial charge in [0, 0.05) is 57.4 Å². The molecule has 0 unspecified atom stereocenters. The van der Waals surface area contributed by atoms with Gasteiger partial charge in [0.2, 0.25) is 0 Å². The quantitative estimate of drug-likeness (QED) is 0.635. The fraction of sp³-hybridized carbons (Fsp3) is 0.556. The third kappa shape index (κ3) is 5.44. The second kappa shape index (κ2) is 10.1. The van der Waals surface area contributed by atoms with E-state index in [-0.39, 0.29) is 11.4 Å². The molecule has 8 nitrogen and oxygen atoms in total. The molecule has 1 spiro atoms. The van der Waals surface area contributed by atoms with E-state index in [1.54, 1.807) is 12.4 Å². The summed E-state index contributed by atoms with van der Waals surface area (Å²) in [6, 6.07) is 9.10. The molecule has 0 radical (unpaired) electrons. The van der Waals surface area contributed by atoms with Crippen LogP contribution in [0.2, 0.25) is 0 Å². The Hall–Kier alpha value is -2.68. The topological polar surface area (TPSA) is 57.1 Å². The molecular weight excluding hydrogens is 440 g/mol. The summed E-state index contributed by atoms with van der Waals surface area (Å²) in [6.45, 7) is 15.5. The van der Waals surface area contributed by atoms with Gasteiger partial charge in [-0.05, 0) is 44.0 Å². The van der Waals surface area contributed by atoms with Crippen LogP contribution in [0.5, 0.6) is 0 Å². The van der Waals surface area contributed by atoms with E-state index in [1.165, 1.54) is 15.8 Å². The van der Waals surface area contributed by atoms with Gasteiger partial charge in [-0.3, -0.25) is 9.80 Å². The molecule has 8 heteroatoms. The first-order valence-electron chi connectivity index (χ1n) is 12.7. The summed E-state index contributed by atoms with van der Waals surface area (Å²) in [4.78, 5) is 21.8. The van der Waals surface area contributed by atoms with Crippen molar-refractivity contribution in [2.75, 3.05) is 64.4 Å². The van der Waals surface area contributed by atoms with E-state index in [0.717, 1.165) is 89.8 Å².